The van der Waals surface area contributed by atoms with Crippen molar-refractivity contribution >= 4 is 39.0 Å². The number of rotatable bonds is 7. The molecule has 0 spiro atoms. The largest absolute Gasteiger partial charge is 0.534 e. The Labute approximate surface area is 145 Å². The van der Waals surface area contributed by atoms with Crippen molar-refractivity contribution in [2.45, 2.75) is 19.4 Å². The standard InChI is InChI=1S/C13H13F3O7S2/c1-3-21-11(17)9(8-6-5-7-24-8)10(12(18)22-4-2)23-25(19,20)13(14,15)16/h5-7H,3-4H2,1-2H3/b10-9+. The van der Waals surface area contributed by atoms with Crippen LogP contribution in [0, 0.1) is 0 Å². The number of hydrogen-bond acceptors (Lipinski definition) is 8. The van der Waals surface area contributed by atoms with Gasteiger partial charge in [-0.3, -0.25) is 0 Å². The van der Waals surface area contributed by atoms with Crippen LogP contribution in [-0.2, 0) is 33.4 Å². The minimum atomic E-state index is -6.21. The Bertz CT molecular complexity index is 749. The molecule has 0 fully saturated rings. The Kier molecular flexibility index (Phi) is 6.99. The predicted molar refractivity (Wildman–Crippen MR) is 80.6 cm³/mol. The SMILES string of the molecule is CCOC(=O)/C(OS(=O)(=O)C(F)(F)F)=C(\C(=O)OCC)c1cccs1. The van der Waals surface area contributed by atoms with E-state index in [1.807, 2.05) is 0 Å². The number of ether oxygens (including phenoxy) is 2. The second-order valence-corrected chi connectivity index (χ2v) is 6.59. The molecule has 140 valence electrons. The molecule has 0 N–H and O–H groups in total. The highest BCUT2D eigenvalue weighted by atomic mass is 32.2. The van der Waals surface area contributed by atoms with E-state index in [1.54, 1.807) is 0 Å². The zero-order valence-electron chi connectivity index (χ0n) is 13.0. The second-order valence-electron chi connectivity index (χ2n) is 4.11. The van der Waals surface area contributed by atoms with Gasteiger partial charge < -0.3 is 13.7 Å². The molecule has 12 heteroatoms. The Balaban J connectivity index is 3.60. The lowest BCUT2D eigenvalue weighted by molar-refractivity contribution is -0.142. The lowest BCUT2D eigenvalue weighted by Gasteiger charge is -2.14. The molecule has 0 atom stereocenters. The molecular weight excluding hydrogens is 389 g/mol. The molecular formula is C13H13F3O7S2. The first-order valence-corrected chi connectivity index (χ1v) is 8.97. The van der Waals surface area contributed by atoms with Crippen LogP contribution in [0.25, 0.3) is 5.57 Å². The molecule has 0 radical (unpaired) electrons. The number of carbonyl (C=O) groups excluding carboxylic acids is 2. The number of thiophene rings is 1. The molecule has 0 aromatic carbocycles. The average molecular weight is 402 g/mol. The van der Waals surface area contributed by atoms with E-state index in [1.165, 1.54) is 31.4 Å². The van der Waals surface area contributed by atoms with Gasteiger partial charge in [0.25, 0.3) is 0 Å². The molecule has 0 bridgehead atoms. The maximum atomic E-state index is 12.6. The van der Waals surface area contributed by atoms with Gasteiger partial charge in [0, 0.05) is 4.88 Å². The number of hydrogen-bond donors (Lipinski definition) is 0. The summed E-state index contributed by atoms with van der Waals surface area (Å²) in [6.07, 6.45) is 0. The van der Waals surface area contributed by atoms with Crippen LogP contribution < -0.4 is 0 Å². The highest BCUT2D eigenvalue weighted by Gasteiger charge is 2.50. The second kappa shape index (κ2) is 8.34. The minimum absolute atomic E-state index is 0.0288. The van der Waals surface area contributed by atoms with Gasteiger partial charge in [0.1, 0.15) is 5.57 Å². The number of halogens is 3. The summed E-state index contributed by atoms with van der Waals surface area (Å²) in [6, 6.07) is 2.71. The maximum Gasteiger partial charge on any atom is 0.534 e. The van der Waals surface area contributed by atoms with Gasteiger partial charge in [0.05, 0.1) is 13.2 Å². The Morgan fingerprint density at radius 2 is 1.68 bits per heavy atom. The molecule has 0 aliphatic heterocycles. The third-order valence-corrected chi connectivity index (χ3v) is 4.25. The molecule has 0 unspecified atom stereocenters. The fourth-order valence-corrected chi connectivity index (χ4v) is 2.68. The quantitative estimate of drug-likeness (QED) is 0.227. The van der Waals surface area contributed by atoms with Crippen molar-refractivity contribution in [1.29, 1.82) is 0 Å². The third kappa shape index (κ3) is 5.19. The van der Waals surface area contributed by atoms with Gasteiger partial charge in [-0.1, -0.05) is 6.07 Å². The van der Waals surface area contributed by atoms with Crippen LogP contribution in [0.1, 0.15) is 18.7 Å². The number of alkyl halides is 3. The van der Waals surface area contributed by atoms with Gasteiger partial charge in [-0.15, -0.1) is 11.3 Å². The molecule has 7 nitrogen and oxygen atoms in total. The normalized spacial score (nSPS) is 13.0. The fourth-order valence-electron chi connectivity index (χ4n) is 1.46. The number of carbonyl (C=O) groups is 2. The fraction of sp³-hybridized carbons (Fsp3) is 0.385. The molecule has 0 saturated heterocycles. The van der Waals surface area contributed by atoms with Crippen LogP contribution in [0.5, 0.6) is 0 Å². The topological polar surface area (TPSA) is 96.0 Å². The van der Waals surface area contributed by atoms with Crippen molar-refractivity contribution in [3.05, 3.63) is 28.1 Å². The maximum absolute atomic E-state index is 12.6. The summed E-state index contributed by atoms with van der Waals surface area (Å²) in [5.74, 6) is -4.20. The lowest BCUT2D eigenvalue weighted by atomic mass is 10.2. The van der Waals surface area contributed by atoms with Gasteiger partial charge in [-0.05, 0) is 25.3 Å². The molecule has 1 rings (SSSR count). The van der Waals surface area contributed by atoms with Crippen molar-refractivity contribution in [2.75, 3.05) is 13.2 Å². The Morgan fingerprint density at radius 3 is 2.12 bits per heavy atom. The highest BCUT2D eigenvalue weighted by molar-refractivity contribution is 7.87. The van der Waals surface area contributed by atoms with Gasteiger partial charge in [-0.2, -0.15) is 21.6 Å². The highest BCUT2D eigenvalue weighted by Crippen LogP contribution is 2.32. The smallest absolute Gasteiger partial charge is 0.462 e. The first kappa shape index (κ1) is 21.0. The predicted octanol–water partition coefficient (Wildman–Crippen LogP) is 2.45. The zero-order chi connectivity index (χ0) is 19.3. The van der Waals surface area contributed by atoms with Crippen molar-refractivity contribution in [2.24, 2.45) is 0 Å². The molecule has 0 amide bonds. The van der Waals surface area contributed by atoms with Crippen LogP contribution in [-0.4, -0.2) is 39.1 Å². The van der Waals surface area contributed by atoms with E-state index in [2.05, 4.69) is 13.7 Å². The Hall–Kier alpha value is -2.08. The van der Waals surface area contributed by atoms with Crippen LogP contribution >= 0.6 is 11.3 Å². The van der Waals surface area contributed by atoms with E-state index in [-0.39, 0.29) is 18.1 Å². The summed E-state index contributed by atoms with van der Waals surface area (Å²) >= 11 is 0.860. The molecule has 1 aromatic rings. The summed E-state index contributed by atoms with van der Waals surface area (Å²) in [5.41, 5.74) is -6.58. The molecule has 0 aliphatic carbocycles. The summed E-state index contributed by atoms with van der Waals surface area (Å²) in [5, 5.41) is 1.45. The summed E-state index contributed by atoms with van der Waals surface area (Å²) < 4.78 is 73.5. The van der Waals surface area contributed by atoms with Gasteiger partial charge in [0.15, 0.2) is 0 Å². The van der Waals surface area contributed by atoms with Crippen molar-refractivity contribution in [1.82, 2.24) is 0 Å². The molecule has 0 aliphatic rings. The summed E-state index contributed by atoms with van der Waals surface area (Å²) in [4.78, 5) is 24.0. The van der Waals surface area contributed by atoms with E-state index >= 15 is 0 Å². The molecule has 1 aromatic heterocycles. The number of esters is 2. The van der Waals surface area contributed by atoms with E-state index in [4.69, 9.17) is 0 Å². The van der Waals surface area contributed by atoms with E-state index in [0.29, 0.717) is 0 Å². The lowest BCUT2D eigenvalue weighted by Crippen LogP contribution is -2.29. The summed E-state index contributed by atoms with van der Waals surface area (Å²) in [6.45, 7) is 2.29. The van der Waals surface area contributed by atoms with Crippen LogP contribution in [0.4, 0.5) is 13.2 Å². The Morgan fingerprint density at radius 1 is 1.12 bits per heavy atom. The first-order chi connectivity index (χ1) is 11.5. The summed E-state index contributed by atoms with van der Waals surface area (Å²) in [7, 11) is -6.21. The molecule has 0 saturated carbocycles. The zero-order valence-corrected chi connectivity index (χ0v) is 14.6. The van der Waals surface area contributed by atoms with Crippen molar-refractivity contribution < 1.29 is 44.8 Å². The van der Waals surface area contributed by atoms with Crippen LogP contribution in [0.15, 0.2) is 23.3 Å². The van der Waals surface area contributed by atoms with Crippen molar-refractivity contribution in [3.63, 3.8) is 0 Å². The van der Waals surface area contributed by atoms with Crippen LogP contribution in [0.2, 0.25) is 0 Å². The third-order valence-electron chi connectivity index (χ3n) is 2.41. The molecule has 25 heavy (non-hydrogen) atoms. The average Bonchev–Trinajstić information content (AvgIpc) is 2.99. The van der Waals surface area contributed by atoms with Crippen LogP contribution in [0.3, 0.4) is 0 Å². The van der Waals surface area contributed by atoms with Gasteiger partial charge >= 0.3 is 27.6 Å². The van der Waals surface area contributed by atoms with Gasteiger partial charge in [0.2, 0.25) is 5.76 Å². The van der Waals surface area contributed by atoms with E-state index in [9.17, 15) is 31.2 Å². The van der Waals surface area contributed by atoms with Crippen molar-refractivity contribution in [3.8, 4) is 0 Å². The monoisotopic (exact) mass is 402 g/mol. The van der Waals surface area contributed by atoms with E-state index in [0.717, 1.165) is 11.3 Å². The van der Waals surface area contributed by atoms with Gasteiger partial charge in [-0.25, -0.2) is 9.59 Å². The minimum Gasteiger partial charge on any atom is -0.462 e. The first-order valence-electron chi connectivity index (χ1n) is 6.68. The van der Waals surface area contributed by atoms with E-state index < -0.39 is 38.9 Å². The molecule has 1 heterocycles.